The SMILES string of the molecule is O/N=C(/CC1c2ccccc2-c2cncn21)C1CCCCC1. The minimum absolute atomic E-state index is 0.210. The third-order valence-corrected chi connectivity index (χ3v) is 5.20. The first kappa shape index (κ1) is 13.6. The summed E-state index contributed by atoms with van der Waals surface area (Å²) >= 11 is 0. The summed E-state index contributed by atoms with van der Waals surface area (Å²) in [7, 11) is 0. The van der Waals surface area contributed by atoms with Crippen LogP contribution in [-0.2, 0) is 0 Å². The Morgan fingerprint density at radius 1 is 1.23 bits per heavy atom. The van der Waals surface area contributed by atoms with Gasteiger partial charge in [0.05, 0.1) is 30.0 Å². The van der Waals surface area contributed by atoms with E-state index in [-0.39, 0.29) is 6.04 Å². The van der Waals surface area contributed by atoms with Gasteiger partial charge >= 0.3 is 0 Å². The van der Waals surface area contributed by atoms with Crippen molar-refractivity contribution in [1.29, 1.82) is 0 Å². The Bertz CT molecular complexity index is 698. The monoisotopic (exact) mass is 295 g/mol. The predicted molar refractivity (Wildman–Crippen MR) is 86.2 cm³/mol. The molecule has 0 amide bonds. The first-order valence-corrected chi connectivity index (χ1v) is 8.20. The lowest BCUT2D eigenvalue weighted by molar-refractivity contribution is 0.306. The second kappa shape index (κ2) is 5.59. The largest absolute Gasteiger partial charge is 0.411 e. The second-order valence-corrected chi connectivity index (χ2v) is 6.42. The minimum atomic E-state index is 0.210. The summed E-state index contributed by atoms with van der Waals surface area (Å²) in [5.41, 5.74) is 4.70. The number of benzene rings is 1. The van der Waals surface area contributed by atoms with E-state index in [4.69, 9.17) is 0 Å². The fourth-order valence-corrected chi connectivity index (χ4v) is 4.06. The lowest BCUT2D eigenvalue weighted by atomic mass is 9.83. The molecule has 1 N–H and O–H groups in total. The zero-order valence-corrected chi connectivity index (χ0v) is 12.7. The van der Waals surface area contributed by atoms with Crippen molar-refractivity contribution in [1.82, 2.24) is 9.55 Å². The molecule has 1 aromatic heterocycles. The molecule has 0 radical (unpaired) electrons. The van der Waals surface area contributed by atoms with E-state index in [0.29, 0.717) is 5.92 Å². The molecule has 2 heterocycles. The molecule has 2 aliphatic rings. The summed E-state index contributed by atoms with van der Waals surface area (Å²) in [6.45, 7) is 0. The molecule has 4 heteroatoms. The number of imidazole rings is 1. The van der Waals surface area contributed by atoms with E-state index in [1.54, 1.807) is 0 Å². The molecule has 1 aliphatic heterocycles. The highest BCUT2D eigenvalue weighted by Crippen LogP contribution is 2.41. The van der Waals surface area contributed by atoms with Gasteiger partial charge in [-0.2, -0.15) is 0 Å². The molecule has 114 valence electrons. The van der Waals surface area contributed by atoms with E-state index in [9.17, 15) is 5.21 Å². The number of aromatic nitrogens is 2. The normalized spacial score (nSPS) is 21.6. The average molecular weight is 295 g/mol. The van der Waals surface area contributed by atoms with Gasteiger partial charge < -0.3 is 9.77 Å². The Hall–Kier alpha value is -2.10. The van der Waals surface area contributed by atoms with Gasteiger partial charge in [-0.3, -0.25) is 0 Å². The maximum atomic E-state index is 9.55. The number of fused-ring (bicyclic) bond motifs is 3. The predicted octanol–water partition coefficient (Wildman–Crippen LogP) is 4.25. The lowest BCUT2D eigenvalue weighted by Gasteiger charge is -2.25. The highest BCUT2D eigenvalue weighted by molar-refractivity contribution is 5.88. The van der Waals surface area contributed by atoms with Gasteiger partial charge in [-0.1, -0.05) is 48.7 Å². The highest BCUT2D eigenvalue weighted by atomic mass is 16.4. The van der Waals surface area contributed by atoms with Crippen LogP contribution in [0.1, 0.15) is 50.1 Å². The van der Waals surface area contributed by atoms with E-state index < -0.39 is 0 Å². The van der Waals surface area contributed by atoms with Gasteiger partial charge in [0.25, 0.3) is 0 Å². The van der Waals surface area contributed by atoms with Gasteiger partial charge in [-0.25, -0.2) is 4.98 Å². The molecule has 0 bridgehead atoms. The van der Waals surface area contributed by atoms with Crippen molar-refractivity contribution in [3.05, 3.63) is 42.4 Å². The molecule has 2 aromatic rings. The summed E-state index contributed by atoms with van der Waals surface area (Å²) < 4.78 is 2.22. The zero-order valence-electron chi connectivity index (χ0n) is 12.7. The van der Waals surface area contributed by atoms with Crippen LogP contribution in [-0.4, -0.2) is 20.5 Å². The van der Waals surface area contributed by atoms with E-state index in [1.807, 2.05) is 12.5 Å². The Morgan fingerprint density at radius 2 is 2.05 bits per heavy atom. The van der Waals surface area contributed by atoms with E-state index >= 15 is 0 Å². The molecule has 1 fully saturated rings. The van der Waals surface area contributed by atoms with Gasteiger partial charge in [0, 0.05) is 17.9 Å². The zero-order chi connectivity index (χ0) is 14.9. The van der Waals surface area contributed by atoms with Gasteiger partial charge in [-0.05, 0) is 18.4 Å². The van der Waals surface area contributed by atoms with Crippen molar-refractivity contribution in [2.45, 2.75) is 44.6 Å². The average Bonchev–Trinajstić information content (AvgIpc) is 3.15. The summed E-state index contributed by atoms with van der Waals surface area (Å²) in [4.78, 5) is 4.30. The number of nitrogens with zero attached hydrogens (tertiary/aromatic N) is 3. The number of hydrogen-bond donors (Lipinski definition) is 1. The molecule has 0 spiro atoms. The molecule has 1 aromatic carbocycles. The fourth-order valence-electron chi connectivity index (χ4n) is 4.06. The van der Waals surface area contributed by atoms with Crippen molar-refractivity contribution < 1.29 is 5.21 Å². The fraction of sp³-hybridized carbons (Fsp3) is 0.444. The van der Waals surface area contributed by atoms with E-state index in [1.165, 1.54) is 36.1 Å². The van der Waals surface area contributed by atoms with Crippen LogP contribution in [0.5, 0.6) is 0 Å². The highest BCUT2D eigenvalue weighted by Gasteiger charge is 2.31. The van der Waals surface area contributed by atoms with Crippen LogP contribution in [0, 0.1) is 5.92 Å². The molecule has 0 saturated heterocycles. The molecule has 22 heavy (non-hydrogen) atoms. The summed E-state index contributed by atoms with van der Waals surface area (Å²) in [6.07, 6.45) is 10.7. The Morgan fingerprint density at radius 3 is 2.86 bits per heavy atom. The molecule has 4 nitrogen and oxygen atoms in total. The van der Waals surface area contributed by atoms with E-state index in [2.05, 4.69) is 39.0 Å². The molecule has 1 atom stereocenters. The number of oxime groups is 1. The molecular weight excluding hydrogens is 274 g/mol. The molecule has 1 saturated carbocycles. The second-order valence-electron chi connectivity index (χ2n) is 6.42. The third-order valence-electron chi connectivity index (χ3n) is 5.20. The topological polar surface area (TPSA) is 50.4 Å². The molecular formula is C18H21N3O. The van der Waals surface area contributed by atoms with Crippen LogP contribution >= 0.6 is 0 Å². The molecule has 4 rings (SSSR count). The van der Waals surface area contributed by atoms with Crippen LogP contribution in [0.15, 0.2) is 41.9 Å². The van der Waals surface area contributed by atoms with Gasteiger partial charge in [0.1, 0.15) is 0 Å². The van der Waals surface area contributed by atoms with E-state index in [0.717, 1.165) is 25.0 Å². The first-order valence-electron chi connectivity index (χ1n) is 8.20. The van der Waals surface area contributed by atoms with Gasteiger partial charge in [0.15, 0.2) is 0 Å². The molecule has 1 unspecified atom stereocenters. The molecule has 1 aliphatic carbocycles. The minimum Gasteiger partial charge on any atom is -0.411 e. The van der Waals surface area contributed by atoms with Crippen LogP contribution < -0.4 is 0 Å². The first-order chi connectivity index (χ1) is 10.9. The maximum Gasteiger partial charge on any atom is 0.0956 e. The smallest absolute Gasteiger partial charge is 0.0956 e. The Balaban J connectivity index is 1.65. The van der Waals surface area contributed by atoms with Crippen molar-refractivity contribution in [2.24, 2.45) is 11.1 Å². The van der Waals surface area contributed by atoms with Crippen molar-refractivity contribution in [3.63, 3.8) is 0 Å². The van der Waals surface area contributed by atoms with Crippen LogP contribution in [0.4, 0.5) is 0 Å². The van der Waals surface area contributed by atoms with Crippen molar-refractivity contribution in [3.8, 4) is 11.3 Å². The van der Waals surface area contributed by atoms with Crippen LogP contribution in [0.25, 0.3) is 11.3 Å². The Labute approximate surface area is 130 Å². The Kier molecular flexibility index (Phi) is 3.45. The van der Waals surface area contributed by atoms with Crippen LogP contribution in [0.3, 0.4) is 0 Å². The summed E-state index contributed by atoms with van der Waals surface area (Å²) in [5, 5.41) is 13.2. The lowest BCUT2D eigenvalue weighted by Crippen LogP contribution is -2.22. The van der Waals surface area contributed by atoms with Gasteiger partial charge in [0.2, 0.25) is 0 Å². The summed E-state index contributed by atoms with van der Waals surface area (Å²) in [6, 6.07) is 8.70. The quantitative estimate of drug-likeness (QED) is 0.522. The standard InChI is InChI=1S/C18H21N3O/c22-20-16(13-6-2-1-3-7-13)10-17-14-8-4-5-9-15(14)18-11-19-12-21(17)18/h4-5,8-9,11-13,17,22H,1-3,6-7,10H2/b20-16-. The maximum absolute atomic E-state index is 9.55. The van der Waals surface area contributed by atoms with Crippen molar-refractivity contribution >= 4 is 5.71 Å². The van der Waals surface area contributed by atoms with Crippen molar-refractivity contribution in [2.75, 3.05) is 0 Å². The van der Waals surface area contributed by atoms with Gasteiger partial charge in [-0.15, -0.1) is 0 Å². The third kappa shape index (κ3) is 2.14. The number of rotatable bonds is 3. The van der Waals surface area contributed by atoms with Crippen LogP contribution in [0.2, 0.25) is 0 Å². The number of hydrogen-bond acceptors (Lipinski definition) is 3. The summed E-state index contributed by atoms with van der Waals surface area (Å²) in [5.74, 6) is 0.443.